The minimum absolute atomic E-state index is 0.329. The number of anilines is 1. The minimum Gasteiger partial charge on any atom is -0.422 e. The fourth-order valence-electron chi connectivity index (χ4n) is 4.17. The van der Waals surface area contributed by atoms with E-state index in [0.29, 0.717) is 22.6 Å². The first-order valence-corrected chi connectivity index (χ1v) is 13.0. The van der Waals surface area contributed by atoms with Crippen molar-refractivity contribution in [3.05, 3.63) is 118 Å². The third-order valence-electron chi connectivity index (χ3n) is 6.16. The highest BCUT2D eigenvalue weighted by Crippen LogP contribution is 2.34. The number of esters is 1. The summed E-state index contributed by atoms with van der Waals surface area (Å²) >= 11 is 3.36. The molecule has 5 aromatic rings. The lowest BCUT2D eigenvalue weighted by Crippen LogP contribution is -2.19. The van der Waals surface area contributed by atoms with Crippen molar-refractivity contribution in [2.24, 2.45) is 5.10 Å². The van der Waals surface area contributed by atoms with Gasteiger partial charge in [0.25, 0.3) is 5.91 Å². The fourth-order valence-corrected chi connectivity index (χ4v) is 4.44. The second-order valence-electron chi connectivity index (χ2n) is 9.00. The number of amides is 1. The second-order valence-corrected chi connectivity index (χ2v) is 9.91. The molecule has 0 atom stereocenters. The quantitative estimate of drug-likeness (QED) is 0.0976. The van der Waals surface area contributed by atoms with Gasteiger partial charge in [0.15, 0.2) is 0 Å². The van der Waals surface area contributed by atoms with Crippen molar-refractivity contribution in [1.29, 1.82) is 0 Å². The van der Waals surface area contributed by atoms with Crippen LogP contribution in [0.4, 0.5) is 5.69 Å². The monoisotopic (exact) mass is 580 g/mol. The van der Waals surface area contributed by atoms with E-state index < -0.39 is 11.9 Å². The number of benzene rings is 4. The van der Waals surface area contributed by atoms with Crippen LogP contribution in [0.2, 0.25) is 0 Å². The van der Waals surface area contributed by atoms with Gasteiger partial charge in [-0.25, -0.2) is 10.2 Å². The molecule has 0 radical (unpaired) electrons. The van der Waals surface area contributed by atoms with Crippen molar-refractivity contribution in [3.8, 4) is 16.9 Å². The zero-order valence-electron chi connectivity index (χ0n) is 21.3. The SMILES string of the molecule is CN(C)c1ccc2[nH]c(C(=O)NN=Cc3ccccc3OC(=O)c3ccc(Br)cc3)c(-c3ccccc3)c2c1. The van der Waals surface area contributed by atoms with Crippen LogP contribution < -0.4 is 15.1 Å². The van der Waals surface area contributed by atoms with E-state index in [1.54, 1.807) is 48.5 Å². The third-order valence-corrected chi connectivity index (χ3v) is 6.69. The number of rotatable bonds is 7. The Morgan fingerprint density at radius 3 is 2.38 bits per heavy atom. The summed E-state index contributed by atoms with van der Waals surface area (Å²) in [6.07, 6.45) is 1.46. The lowest BCUT2D eigenvalue weighted by atomic mass is 10.0. The lowest BCUT2D eigenvalue weighted by Gasteiger charge is -2.12. The number of aromatic amines is 1. The van der Waals surface area contributed by atoms with Crippen molar-refractivity contribution < 1.29 is 14.3 Å². The number of carbonyl (C=O) groups is 2. The van der Waals surface area contributed by atoms with Crippen molar-refractivity contribution in [1.82, 2.24) is 10.4 Å². The van der Waals surface area contributed by atoms with E-state index in [9.17, 15) is 9.59 Å². The Kier molecular flexibility index (Phi) is 7.56. The fraction of sp³-hybridized carbons (Fsp3) is 0.0645. The first-order chi connectivity index (χ1) is 18.9. The molecule has 194 valence electrons. The third kappa shape index (κ3) is 5.76. The summed E-state index contributed by atoms with van der Waals surface area (Å²) in [5.41, 5.74) is 7.56. The Labute approximate surface area is 234 Å². The van der Waals surface area contributed by atoms with Crippen LogP contribution in [-0.4, -0.2) is 37.2 Å². The molecule has 0 aliphatic heterocycles. The molecule has 1 amide bonds. The molecule has 0 aliphatic rings. The molecule has 5 rings (SSSR count). The zero-order valence-corrected chi connectivity index (χ0v) is 22.9. The van der Waals surface area contributed by atoms with E-state index in [2.05, 4.69) is 37.5 Å². The van der Waals surface area contributed by atoms with Gasteiger partial charge in [-0.3, -0.25) is 4.79 Å². The van der Waals surface area contributed by atoms with Gasteiger partial charge in [0.05, 0.1) is 11.8 Å². The normalized spacial score (nSPS) is 11.1. The van der Waals surface area contributed by atoms with E-state index in [0.717, 1.165) is 32.2 Å². The highest BCUT2D eigenvalue weighted by molar-refractivity contribution is 9.10. The lowest BCUT2D eigenvalue weighted by molar-refractivity contribution is 0.0734. The van der Waals surface area contributed by atoms with Crippen LogP contribution in [0.5, 0.6) is 5.75 Å². The molecule has 7 nitrogen and oxygen atoms in total. The van der Waals surface area contributed by atoms with E-state index >= 15 is 0 Å². The van der Waals surface area contributed by atoms with Crippen LogP contribution in [0, 0.1) is 0 Å². The molecule has 2 N–H and O–H groups in total. The molecule has 0 spiro atoms. The molecule has 0 bridgehead atoms. The number of hydrazone groups is 1. The molecule has 1 aromatic heterocycles. The molecule has 0 saturated heterocycles. The van der Waals surface area contributed by atoms with E-state index in [-0.39, 0.29) is 0 Å². The molecule has 8 heteroatoms. The number of hydrogen-bond donors (Lipinski definition) is 2. The number of halogens is 1. The van der Waals surface area contributed by atoms with E-state index in [4.69, 9.17) is 4.74 Å². The van der Waals surface area contributed by atoms with Crippen LogP contribution in [0.25, 0.3) is 22.0 Å². The van der Waals surface area contributed by atoms with Crippen LogP contribution in [0.1, 0.15) is 26.4 Å². The second kappa shape index (κ2) is 11.4. The molecule has 0 aliphatic carbocycles. The zero-order chi connectivity index (χ0) is 27.4. The van der Waals surface area contributed by atoms with E-state index in [1.807, 2.05) is 61.5 Å². The van der Waals surface area contributed by atoms with Crippen LogP contribution in [0.3, 0.4) is 0 Å². The standard InChI is InChI=1S/C31H25BrN4O3/c1-36(2)24-16-17-26-25(18-24)28(20-8-4-3-5-9-20)29(34-26)30(37)35-33-19-22-10-6-7-11-27(22)39-31(38)21-12-14-23(32)15-13-21/h3-19,34H,1-2H3,(H,35,37). The largest absolute Gasteiger partial charge is 0.422 e. The first-order valence-electron chi connectivity index (χ1n) is 12.2. The number of para-hydroxylation sites is 1. The van der Waals surface area contributed by atoms with Crippen LogP contribution in [0.15, 0.2) is 107 Å². The van der Waals surface area contributed by atoms with Gasteiger partial charge in [-0.05, 0) is 60.2 Å². The smallest absolute Gasteiger partial charge is 0.343 e. The van der Waals surface area contributed by atoms with Gasteiger partial charge in [0, 0.05) is 46.3 Å². The van der Waals surface area contributed by atoms with Gasteiger partial charge >= 0.3 is 5.97 Å². The van der Waals surface area contributed by atoms with Crippen LogP contribution in [-0.2, 0) is 0 Å². The molecule has 1 heterocycles. The number of hydrogen-bond acceptors (Lipinski definition) is 5. The summed E-state index contributed by atoms with van der Waals surface area (Å²) in [7, 11) is 3.96. The minimum atomic E-state index is -0.491. The topological polar surface area (TPSA) is 86.8 Å². The summed E-state index contributed by atoms with van der Waals surface area (Å²) < 4.78 is 6.46. The molecule has 0 unspecified atom stereocenters. The van der Waals surface area contributed by atoms with Gasteiger partial charge in [0.1, 0.15) is 11.4 Å². The van der Waals surface area contributed by atoms with Crippen molar-refractivity contribution in [3.63, 3.8) is 0 Å². The summed E-state index contributed by atoms with van der Waals surface area (Å²) in [5.74, 6) is -0.553. The maximum atomic E-state index is 13.3. The number of H-pyrrole nitrogens is 1. The summed E-state index contributed by atoms with van der Waals surface area (Å²) in [4.78, 5) is 31.2. The number of nitrogens with one attached hydrogen (secondary N) is 2. The number of aromatic nitrogens is 1. The predicted molar refractivity (Wildman–Crippen MR) is 159 cm³/mol. The molecular formula is C31H25BrN4O3. The summed E-state index contributed by atoms with van der Waals surface area (Å²) in [6, 6.07) is 29.7. The van der Waals surface area contributed by atoms with Crippen LogP contribution >= 0.6 is 15.9 Å². The highest BCUT2D eigenvalue weighted by Gasteiger charge is 2.20. The molecular weight excluding hydrogens is 556 g/mol. The molecule has 39 heavy (non-hydrogen) atoms. The maximum Gasteiger partial charge on any atom is 0.343 e. The number of ether oxygens (including phenoxy) is 1. The Morgan fingerprint density at radius 2 is 1.64 bits per heavy atom. The number of carbonyl (C=O) groups excluding carboxylic acids is 2. The van der Waals surface area contributed by atoms with Gasteiger partial charge in [-0.1, -0.05) is 58.4 Å². The molecule has 0 fully saturated rings. The van der Waals surface area contributed by atoms with Crippen molar-refractivity contribution in [2.45, 2.75) is 0 Å². The first kappa shape index (κ1) is 25.9. The Balaban J connectivity index is 1.40. The highest BCUT2D eigenvalue weighted by atomic mass is 79.9. The predicted octanol–water partition coefficient (Wildman–Crippen LogP) is 6.65. The Morgan fingerprint density at radius 1 is 0.923 bits per heavy atom. The summed E-state index contributed by atoms with van der Waals surface area (Å²) in [6.45, 7) is 0. The van der Waals surface area contributed by atoms with Crippen molar-refractivity contribution >= 4 is 50.6 Å². The van der Waals surface area contributed by atoms with Crippen molar-refractivity contribution in [2.75, 3.05) is 19.0 Å². The van der Waals surface area contributed by atoms with E-state index in [1.165, 1.54) is 6.21 Å². The van der Waals surface area contributed by atoms with Gasteiger partial charge in [-0.2, -0.15) is 5.10 Å². The van der Waals surface area contributed by atoms with Gasteiger partial charge < -0.3 is 14.6 Å². The summed E-state index contributed by atoms with van der Waals surface area (Å²) in [5, 5.41) is 5.11. The Hall–Kier alpha value is -4.69. The van der Waals surface area contributed by atoms with Gasteiger partial charge in [-0.15, -0.1) is 0 Å². The number of nitrogens with zero attached hydrogens (tertiary/aromatic N) is 2. The maximum absolute atomic E-state index is 13.3. The van der Waals surface area contributed by atoms with Gasteiger partial charge in [0.2, 0.25) is 0 Å². The molecule has 0 saturated carbocycles. The average Bonchev–Trinajstić information content (AvgIpc) is 3.34. The number of fused-ring (bicyclic) bond motifs is 1. The average molecular weight is 581 g/mol. The molecule has 4 aromatic carbocycles. The Bertz CT molecular complexity index is 1680.